The zero-order valence-corrected chi connectivity index (χ0v) is 16.0. The molecule has 0 radical (unpaired) electrons. The van der Waals surface area contributed by atoms with Crippen LogP contribution in [0, 0.1) is 32.4 Å². The molecule has 26 heavy (non-hydrogen) atoms. The second-order valence-corrected chi connectivity index (χ2v) is 6.82. The van der Waals surface area contributed by atoms with Crippen LogP contribution in [-0.4, -0.2) is 16.0 Å². The average Bonchev–Trinajstić information content (AvgIpc) is 2.87. The highest BCUT2D eigenvalue weighted by Gasteiger charge is 2.14. The summed E-state index contributed by atoms with van der Waals surface area (Å²) in [6, 6.07) is 6.81. The van der Waals surface area contributed by atoms with Gasteiger partial charge in [0, 0.05) is 22.4 Å². The second kappa shape index (κ2) is 6.99. The molecule has 0 bridgehead atoms. The molecule has 1 aromatic heterocycles. The number of hydrogen-bond acceptors (Lipinski definition) is 2. The van der Waals surface area contributed by atoms with Gasteiger partial charge in [-0.2, -0.15) is 0 Å². The van der Waals surface area contributed by atoms with E-state index in [1.165, 1.54) is 17.0 Å². The number of aromatic nitrogens is 2. The summed E-state index contributed by atoms with van der Waals surface area (Å²) in [4.78, 5) is 16.8. The van der Waals surface area contributed by atoms with Crippen LogP contribution in [0.15, 0.2) is 44.6 Å². The second-order valence-electron chi connectivity index (χ2n) is 5.96. The fourth-order valence-corrected chi connectivity index (χ4v) is 3.05. The Balaban J connectivity index is 2.06. The van der Waals surface area contributed by atoms with E-state index in [0.717, 1.165) is 33.4 Å². The van der Waals surface area contributed by atoms with Crippen LogP contribution in [0.4, 0.5) is 14.5 Å². The molecule has 0 aliphatic rings. The molecule has 0 aliphatic carbocycles. The maximum atomic E-state index is 13.7. The predicted octanol–water partition coefficient (Wildman–Crippen LogP) is 4.88. The van der Waals surface area contributed by atoms with Crippen LogP contribution in [0.3, 0.4) is 0 Å². The lowest BCUT2D eigenvalue weighted by Crippen LogP contribution is -2.18. The number of halogens is 3. The molecule has 0 spiro atoms. The molecule has 1 heterocycles. The Morgan fingerprint density at radius 1 is 1.12 bits per heavy atom. The molecular formula is C19H16BrF2N3O. The SMILES string of the molecule is Cc1[nH]n(-c2ccc(Br)c(C)c2C)c(=O)c1C=Nc1ccc(F)cc1F. The standard InChI is InChI=1S/C19H16BrF2N3O/c1-10-11(2)18(7-5-15(10)20)25-19(26)14(12(3)24-25)9-23-17-6-4-13(21)8-16(17)22/h4-9,24H,1-3H3. The van der Waals surface area contributed by atoms with Crippen LogP contribution >= 0.6 is 15.9 Å². The van der Waals surface area contributed by atoms with Crippen LogP contribution in [0.5, 0.6) is 0 Å². The lowest BCUT2D eigenvalue weighted by atomic mass is 10.1. The minimum Gasteiger partial charge on any atom is -0.295 e. The number of rotatable bonds is 3. The number of nitrogens with zero attached hydrogens (tertiary/aromatic N) is 2. The summed E-state index contributed by atoms with van der Waals surface area (Å²) >= 11 is 3.47. The first-order valence-corrected chi connectivity index (χ1v) is 8.65. The quantitative estimate of drug-likeness (QED) is 0.604. The Morgan fingerprint density at radius 2 is 1.85 bits per heavy atom. The first kappa shape index (κ1) is 18.3. The van der Waals surface area contributed by atoms with Gasteiger partial charge in [-0.25, -0.2) is 13.5 Å². The summed E-state index contributed by atoms with van der Waals surface area (Å²) in [6.45, 7) is 5.63. The molecule has 4 nitrogen and oxygen atoms in total. The van der Waals surface area contributed by atoms with E-state index in [2.05, 4.69) is 26.0 Å². The van der Waals surface area contributed by atoms with Crippen molar-refractivity contribution < 1.29 is 8.78 Å². The highest BCUT2D eigenvalue weighted by molar-refractivity contribution is 9.10. The molecule has 7 heteroatoms. The summed E-state index contributed by atoms with van der Waals surface area (Å²) in [5.41, 5.74) is 3.30. The van der Waals surface area contributed by atoms with Gasteiger partial charge >= 0.3 is 0 Å². The molecule has 0 saturated heterocycles. The minimum absolute atomic E-state index is 0.0337. The van der Waals surface area contributed by atoms with Crippen LogP contribution in [0.2, 0.25) is 0 Å². The molecule has 0 fully saturated rings. The van der Waals surface area contributed by atoms with Crippen molar-refractivity contribution in [3.63, 3.8) is 0 Å². The first-order chi connectivity index (χ1) is 12.3. The van der Waals surface area contributed by atoms with Gasteiger partial charge in [0.25, 0.3) is 5.56 Å². The number of benzene rings is 2. The maximum Gasteiger partial charge on any atom is 0.280 e. The molecule has 0 atom stereocenters. The Kier molecular flexibility index (Phi) is 4.91. The van der Waals surface area contributed by atoms with Gasteiger partial charge in [-0.1, -0.05) is 15.9 Å². The van der Waals surface area contributed by atoms with Crippen LogP contribution < -0.4 is 5.56 Å². The van der Waals surface area contributed by atoms with Crippen molar-refractivity contribution in [2.45, 2.75) is 20.8 Å². The van der Waals surface area contributed by atoms with Gasteiger partial charge in [-0.3, -0.25) is 14.9 Å². The number of hydrogen-bond donors (Lipinski definition) is 1. The van der Waals surface area contributed by atoms with Crippen molar-refractivity contribution in [1.82, 2.24) is 9.78 Å². The maximum absolute atomic E-state index is 13.7. The van der Waals surface area contributed by atoms with E-state index >= 15 is 0 Å². The molecule has 0 amide bonds. The van der Waals surface area contributed by atoms with Crippen molar-refractivity contribution in [1.29, 1.82) is 0 Å². The number of H-pyrrole nitrogens is 1. The molecule has 0 saturated carbocycles. The van der Waals surface area contributed by atoms with E-state index in [0.29, 0.717) is 11.3 Å². The van der Waals surface area contributed by atoms with Gasteiger partial charge in [-0.15, -0.1) is 0 Å². The van der Waals surface area contributed by atoms with Crippen molar-refractivity contribution in [2.24, 2.45) is 4.99 Å². The number of nitrogens with one attached hydrogen (secondary N) is 1. The van der Waals surface area contributed by atoms with E-state index in [9.17, 15) is 13.6 Å². The molecule has 3 aromatic rings. The largest absolute Gasteiger partial charge is 0.295 e. The highest BCUT2D eigenvalue weighted by atomic mass is 79.9. The minimum atomic E-state index is -0.783. The van der Waals surface area contributed by atoms with Crippen molar-refractivity contribution in [3.05, 3.63) is 79.2 Å². The summed E-state index contributed by atoms with van der Waals surface area (Å²) < 4.78 is 29.1. The number of aryl methyl sites for hydroxylation is 1. The van der Waals surface area contributed by atoms with Gasteiger partial charge in [0.15, 0.2) is 5.82 Å². The van der Waals surface area contributed by atoms with Gasteiger partial charge < -0.3 is 0 Å². The van der Waals surface area contributed by atoms with Gasteiger partial charge in [-0.05, 0) is 56.2 Å². The molecule has 1 N–H and O–H groups in total. The average molecular weight is 420 g/mol. The summed E-state index contributed by atoms with van der Waals surface area (Å²) in [5, 5.41) is 3.02. The normalized spacial score (nSPS) is 11.5. The molecule has 3 rings (SSSR count). The highest BCUT2D eigenvalue weighted by Crippen LogP contribution is 2.24. The monoisotopic (exact) mass is 419 g/mol. The molecule has 134 valence electrons. The van der Waals surface area contributed by atoms with Gasteiger partial charge in [0.05, 0.1) is 16.9 Å². The van der Waals surface area contributed by atoms with Crippen LogP contribution in [0.25, 0.3) is 5.69 Å². The van der Waals surface area contributed by atoms with Crippen molar-refractivity contribution in [2.75, 3.05) is 0 Å². The lowest BCUT2D eigenvalue weighted by molar-refractivity contribution is 0.585. The number of aliphatic imine (C=N–C) groups is 1. The Morgan fingerprint density at radius 3 is 2.54 bits per heavy atom. The lowest BCUT2D eigenvalue weighted by Gasteiger charge is -2.10. The third-order valence-corrected chi connectivity index (χ3v) is 5.15. The van der Waals surface area contributed by atoms with E-state index in [1.54, 1.807) is 6.92 Å². The Labute approximate surface area is 157 Å². The van der Waals surface area contributed by atoms with Crippen LogP contribution in [0.1, 0.15) is 22.4 Å². The van der Waals surface area contributed by atoms with Gasteiger partial charge in [0.2, 0.25) is 0 Å². The molecule has 0 aliphatic heterocycles. The summed E-state index contributed by atoms with van der Waals surface area (Å²) in [6.07, 6.45) is 1.29. The van der Waals surface area contributed by atoms with E-state index in [4.69, 9.17) is 0 Å². The molecule has 0 unspecified atom stereocenters. The molecule has 2 aromatic carbocycles. The van der Waals surface area contributed by atoms with Gasteiger partial charge in [0.1, 0.15) is 5.82 Å². The van der Waals surface area contributed by atoms with Crippen molar-refractivity contribution >= 4 is 27.8 Å². The van der Waals surface area contributed by atoms with Crippen LogP contribution in [-0.2, 0) is 0 Å². The summed E-state index contributed by atoms with van der Waals surface area (Å²) in [7, 11) is 0. The van der Waals surface area contributed by atoms with E-state index in [1.807, 2.05) is 26.0 Å². The first-order valence-electron chi connectivity index (χ1n) is 7.86. The third-order valence-electron chi connectivity index (χ3n) is 4.29. The zero-order valence-electron chi connectivity index (χ0n) is 14.4. The fourth-order valence-electron chi connectivity index (χ4n) is 2.62. The molecular weight excluding hydrogens is 404 g/mol. The fraction of sp³-hybridized carbons (Fsp3) is 0.158. The predicted molar refractivity (Wildman–Crippen MR) is 102 cm³/mol. The smallest absolute Gasteiger partial charge is 0.280 e. The topological polar surface area (TPSA) is 50.1 Å². The third kappa shape index (κ3) is 3.26. The van der Waals surface area contributed by atoms with E-state index in [-0.39, 0.29) is 11.2 Å². The Hall–Kier alpha value is -2.54. The number of aromatic amines is 1. The zero-order chi connectivity index (χ0) is 19.0. The van der Waals surface area contributed by atoms with E-state index < -0.39 is 11.6 Å². The Bertz CT molecular complexity index is 1080. The van der Waals surface area contributed by atoms with Crippen molar-refractivity contribution in [3.8, 4) is 5.69 Å². The summed E-state index contributed by atoms with van der Waals surface area (Å²) in [5.74, 6) is -1.46.